The molecule has 0 aromatic heterocycles. The Balaban J connectivity index is 2.32. The van der Waals surface area contributed by atoms with Crippen molar-refractivity contribution in [1.29, 1.82) is 0 Å². The Hall–Kier alpha value is -0.610. The summed E-state index contributed by atoms with van der Waals surface area (Å²) in [7, 11) is 2.06. The van der Waals surface area contributed by atoms with Crippen LogP contribution in [-0.4, -0.2) is 55.0 Å². The van der Waals surface area contributed by atoms with Gasteiger partial charge in [0.25, 0.3) is 0 Å². The minimum Gasteiger partial charge on any atom is -0.341 e. The van der Waals surface area contributed by atoms with Crippen molar-refractivity contribution in [2.24, 2.45) is 5.73 Å². The second-order valence-corrected chi connectivity index (χ2v) is 5.75. The van der Waals surface area contributed by atoms with Crippen LogP contribution in [0.5, 0.6) is 0 Å². The zero-order valence-electron chi connectivity index (χ0n) is 12.7. The first-order chi connectivity index (χ1) is 9.16. The van der Waals surface area contributed by atoms with Gasteiger partial charge in [0.15, 0.2) is 0 Å². The highest BCUT2D eigenvalue weighted by Gasteiger charge is 2.23. The van der Waals surface area contributed by atoms with E-state index in [-0.39, 0.29) is 6.04 Å². The van der Waals surface area contributed by atoms with E-state index in [4.69, 9.17) is 5.73 Å². The van der Waals surface area contributed by atoms with E-state index >= 15 is 0 Å². The minimum absolute atomic E-state index is 0.0102. The lowest BCUT2D eigenvalue weighted by atomic mass is 10.2. The molecule has 2 N–H and O–H groups in total. The van der Waals surface area contributed by atoms with Crippen LogP contribution in [0.3, 0.4) is 0 Å². The van der Waals surface area contributed by atoms with E-state index in [9.17, 15) is 4.79 Å². The molecule has 1 aliphatic heterocycles. The van der Waals surface area contributed by atoms with Crippen molar-refractivity contribution in [2.45, 2.75) is 57.9 Å². The maximum Gasteiger partial charge on any atom is 0.239 e. The van der Waals surface area contributed by atoms with E-state index in [0.29, 0.717) is 5.91 Å². The first-order valence-electron chi connectivity index (χ1n) is 7.86. The molecule has 0 bridgehead atoms. The number of carbonyl (C=O) groups excluding carboxylic acids is 1. The summed E-state index contributed by atoms with van der Waals surface area (Å²) in [5.74, 6) is 0.309. The number of nitrogens with zero attached hydrogens (tertiary/aromatic N) is 2. The average Bonchev–Trinajstić information content (AvgIpc) is 2.70. The standard InChI is InChI=1S/C15H31N3O/c1-14(17(2)11-7-5-6-10-16)15(19)18-12-8-3-4-9-13-18/h14H,3-13,16H2,1-2H3. The van der Waals surface area contributed by atoms with Crippen LogP contribution >= 0.6 is 0 Å². The summed E-state index contributed by atoms with van der Waals surface area (Å²) < 4.78 is 0. The van der Waals surface area contributed by atoms with E-state index in [1.165, 1.54) is 25.7 Å². The van der Waals surface area contributed by atoms with Crippen LogP contribution in [-0.2, 0) is 4.79 Å². The van der Waals surface area contributed by atoms with Gasteiger partial charge in [0.2, 0.25) is 5.91 Å². The first kappa shape index (κ1) is 16.4. The SMILES string of the molecule is CC(C(=O)N1CCCCCC1)N(C)CCCCCN. The van der Waals surface area contributed by atoms with Crippen LogP contribution in [0.15, 0.2) is 0 Å². The molecular formula is C15H31N3O. The molecule has 1 amide bonds. The predicted octanol–water partition coefficient (Wildman–Crippen LogP) is 1.84. The fourth-order valence-electron chi connectivity index (χ4n) is 2.62. The molecule has 19 heavy (non-hydrogen) atoms. The van der Waals surface area contributed by atoms with Crippen molar-refractivity contribution >= 4 is 5.91 Å². The molecule has 1 fully saturated rings. The molecular weight excluding hydrogens is 238 g/mol. The van der Waals surface area contributed by atoms with E-state index in [1.54, 1.807) is 0 Å². The van der Waals surface area contributed by atoms with Crippen LogP contribution in [0.1, 0.15) is 51.9 Å². The van der Waals surface area contributed by atoms with Crippen LogP contribution < -0.4 is 5.73 Å². The monoisotopic (exact) mass is 269 g/mol. The van der Waals surface area contributed by atoms with Gasteiger partial charge in [0.1, 0.15) is 0 Å². The predicted molar refractivity (Wildman–Crippen MR) is 80.0 cm³/mol. The minimum atomic E-state index is 0.0102. The third kappa shape index (κ3) is 5.91. The zero-order valence-corrected chi connectivity index (χ0v) is 12.7. The molecule has 1 heterocycles. The van der Waals surface area contributed by atoms with E-state index in [1.807, 2.05) is 6.92 Å². The number of hydrogen-bond donors (Lipinski definition) is 1. The summed E-state index contributed by atoms with van der Waals surface area (Å²) in [6.45, 7) is 5.69. The van der Waals surface area contributed by atoms with Gasteiger partial charge < -0.3 is 10.6 Å². The molecule has 0 aromatic rings. The van der Waals surface area contributed by atoms with Gasteiger partial charge in [0.05, 0.1) is 6.04 Å². The number of amides is 1. The highest BCUT2D eigenvalue weighted by Crippen LogP contribution is 2.12. The second-order valence-electron chi connectivity index (χ2n) is 5.75. The van der Waals surface area contributed by atoms with E-state index in [2.05, 4.69) is 16.8 Å². The summed E-state index contributed by atoms with van der Waals surface area (Å²) >= 11 is 0. The molecule has 1 atom stereocenters. The molecule has 1 saturated heterocycles. The highest BCUT2D eigenvalue weighted by atomic mass is 16.2. The molecule has 0 aromatic carbocycles. The average molecular weight is 269 g/mol. The summed E-state index contributed by atoms with van der Waals surface area (Å²) in [6.07, 6.45) is 8.25. The number of rotatable bonds is 7. The fourth-order valence-corrected chi connectivity index (χ4v) is 2.62. The smallest absolute Gasteiger partial charge is 0.239 e. The van der Waals surface area contributed by atoms with Gasteiger partial charge in [-0.05, 0) is 52.7 Å². The lowest BCUT2D eigenvalue weighted by Crippen LogP contribution is -2.46. The second kappa shape index (κ2) is 9.32. The molecule has 4 nitrogen and oxygen atoms in total. The number of likely N-dealkylation sites (tertiary alicyclic amines) is 1. The van der Waals surface area contributed by atoms with Crippen molar-refractivity contribution in [3.63, 3.8) is 0 Å². The van der Waals surface area contributed by atoms with Crippen LogP contribution in [0.25, 0.3) is 0 Å². The Kier molecular flexibility index (Phi) is 8.07. The molecule has 0 spiro atoms. The van der Waals surface area contributed by atoms with Gasteiger partial charge in [-0.1, -0.05) is 19.3 Å². The van der Waals surface area contributed by atoms with E-state index in [0.717, 1.165) is 45.4 Å². The molecule has 1 aliphatic rings. The van der Waals surface area contributed by atoms with Crippen molar-refractivity contribution < 1.29 is 4.79 Å². The van der Waals surface area contributed by atoms with Crippen LogP contribution in [0.2, 0.25) is 0 Å². The third-order valence-corrected chi connectivity index (χ3v) is 4.15. The molecule has 4 heteroatoms. The van der Waals surface area contributed by atoms with Gasteiger partial charge in [-0.3, -0.25) is 9.69 Å². The van der Waals surface area contributed by atoms with Crippen LogP contribution in [0, 0.1) is 0 Å². The summed E-state index contributed by atoms with van der Waals surface area (Å²) in [5, 5.41) is 0. The Morgan fingerprint density at radius 3 is 2.37 bits per heavy atom. The number of nitrogens with two attached hydrogens (primary N) is 1. The van der Waals surface area contributed by atoms with Gasteiger partial charge in [-0.25, -0.2) is 0 Å². The quantitative estimate of drug-likeness (QED) is 0.718. The molecule has 0 saturated carbocycles. The first-order valence-corrected chi connectivity index (χ1v) is 7.86. The molecule has 1 rings (SSSR count). The largest absolute Gasteiger partial charge is 0.341 e. The van der Waals surface area contributed by atoms with Gasteiger partial charge in [0, 0.05) is 13.1 Å². The summed E-state index contributed by atoms with van der Waals surface area (Å²) in [5.41, 5.74) is 5.49. The Labute approximate surface area is 118 Å². The van der Waals surface area contributed by atoms with Gasteiger partial charge in [-0.15, -0.1) is 0 Å². The number of likely N-dealkylation sites (N-methyl/N-ethyl adjacent to an activating group) is 1. The Morgan fingerprint density at radius 2 is 1.79 bits per heavy atom. The Morgan fingerprint density at radius 1 is 1.16 bits per heavy atom. The topological polar surface area (TPSA) is 49.6 Å². The molecule has 1 unspecified atom stereocenters. The Bertz CT molecular complexity index is 250. The number of unbranched alkanes of at least 4 members (excludes halogenated alkanes) is 2. The zero-order chi connectivity index (χ0) is 14.1. The third-order valence-electron chi connectivity index (χ3n) is 4.15. The summed E-state index contributed by atoms with van der Waals surface area (Å²) in [4.78, 5) is 16.7. The normalized spacial score (nSPS) is 18.4. The van der Waals surface area contributed by atoms with E-state index < -0.39 is 0 Å². The number of hydrogen-bond acceptors (Lipinski definition) is 3. The highest BCUT2D eigenvalue weighted by molar-refractivity contribution is 5.81. The lowest BCUT2D eigenvalue weighted by Gasteiger charge is -2.29. The van der Waals surface area contributed by atoms with Crippen molar-refractivity contribution in [3.05, 3.63) is 0 Å². The molecule has 0 aliphatic carbocycles. The van der Waals surface area contributed by atoms with Gasteiger partial charge in [-0.2, -0.15) is 0 Å². The fraction of sp³-hybridized carbons (Fsp3) is 0.933. The van der Waals surface area contributed by atoms with Crippen LogP contribution in [0.4, 0.5) is 0 Å². The number of carbonyl (C=O) groups is 1. The van der Waals surface area contributed by atoms with Crippen molar-refractivity contribution in [2.75, 3.05) is 33.2 Å². The molecule has 112 valence electrons. The maximum atomic E-state index is 12.4. The lowest BCUT2D eigenvalue weighted by molar-refractivity contribution is -0.135. The van der Waals surface area contributed by atoms with Gasteiger partial charge >= 0.3 is 0 Å². The summed E-state index contributed by atoms with van der Waals surface area (Å²) in [6, 6.07) is 0.0102. The maximum absolute atomic E-state index is 12.4. The van der Waals surface area contributed by atoms with Crippen molar-refractivity contribution in [3.8, 4) is 0 Å². The molecule has 0 radical (unpaired) electrons. The van der Waals surface area contributed by atoms with Crippen molar-refractivity contribution in [1.82, 2.24) is 9.80 Å².